The smallest absolute Gasteiger partial charge is 0.151 e. The van der Waals surface area contributed by atoms with E-state index in [-0.39, 0.29) is 34.3 Å². The Morgan fingerprint density at radius 3 is 2.06 bits per heavy atom. The Balaban J connectivity index is 0.00000497. The number of phenolic OH excluding ortho intramolecular Hbond substituents is 2. The fraction of sp³-hybridized carbons (Fsp3) is 0.116. The first-order valence-corrected chi connectivity index (χ1v) is 17.0. The van der Waals surface area contributed by atoms with Crippen LogP contribution in [0.15, 0.2) is 146 Å². The molecule has 0 saturated heterocycles. The van der Waals surface area contributed by atoms with Gasteiger partial charge in [-0.1, -0.05) is 36.4 Å². The van der Waals surface area contributed by atoms with Crippen LogP contribution in [-0.2, 0) is 17.1 Å². The van der Waals surface area contributed by atoms with Crippen LogP contribution < -0.4 is 10.1 Å². The van der Waals surface area contributed by atoms with Crippen molar-refractivity contribution in [1.29, 1.82) is 0 Å². The summed E-state index contributed by atoms with van der Waals surface area (Å²) in [4.78, 5) is 0. The number of aryl methyl sites for hydroxylation is 4. The van der Waals surface area contributed by atoms with E-state index < -0.39 is 0 Å². The molecule has 7 rings (SSSR count). The van der Waals surface area contributed by atoms with Gasteiger partial charge >= 0.3 is 0 Å². The molecule has 0 saturated carbocycles. The van der Waals surface area contributed by atoms with Crippen molar-refractivity contribution in [3.05, 3.63) is 138 Å². The van der Waals surface area contributed by atoms with Gasteiger partial charge in [0.25, 0.3) is 0 Å². The molecule has 0 aliphatic carbocycles. The largest absolute Gasteiger partial charge is 0.506 e. The van der Waals surface area contributed by atoms with Gasteiger partial charge in [0, 0.05) is 46.0 Å². The van der Waals surface area contributed by atoms with Gasteiger partial charge in [-0.2, -0.15) is 15.3 Å². The predicted octanol–water partition coefficient (Wildman–Crippen LogP) is 13.6. The molecule has 0 spiro atoms. The molecular weight excluding hydrogens is 726 g/mol. The molecule has 0 aliphatic heterocycles. The molecule has 0 bridgehead atoms. The van der Waals surface area contributed by atoms with E-state index in [2.05, 4.69) is 68.0 Å². The van der Waals surface area contributed by atoms with Crippen molar-refractivity contribution < 1.29 is 32.0 Å². The summed E-state index contributed by atoms with van der Waals surface area (Å²) >= 11 is 0. The average Bonchev–Trinajstić information content (AvgIpc) is 3.15. The van der Waals surface area contributed by atoms with Gasteiger partial charge in [0.15, 0.2) is 5.75 Å². The van der Waals surface area contributed by atoms with Crippen LogP contribution in [0.2, 0.25) is 0 Å². The molecule has 11 heteroatoms. The van der Waals surface area contributed by atoms with Gasteiger partial charge in [-0.25, -0.2) is 0 Å². The molecule has 3 N–H and O–H groups in total. The number of phenols is 2. The summed E-state index contributed by atoms with van der Waals surface area (Å²) < 4.78 is 5.59. The summed E-state index contributed by atoms with van der Waals surface area (Å²) in [7, 11) is 1.55. The molecule has 0 amide bonds. The van der Waals surface area contributed by atoms with E-state index in [1.165, 1.54) is 17.0 Å². The van der Waals surface area contributed by atoms with Gasteiger partial charge in [-0.05, 0) is 133 Å². The van der Waals surface area contributed by atoms with Crippen molar-refractivity contribution in [3.8, 4) is 17.2 Å². The molecule has 0 fully saturated rings. The number of hydrogen-bond acceptors (Lipinski definition) is 10. The van der Waals surface area contributed by atoms with E-state index in [4.69, 9.17) is 4.74 Å². The summed E-state index contributed by atoms with van der Waals surface area (Å²) in [5, 5.41) is 55.6. The number of rotatable bonds is 9. The van der Waals surface area contributed by atoms with Crippen molar-refractivity contribution >= 4 is 67.0 Å². The van der Waals surface area contributed by atoms with E-state index in [1.807, 2.05) is 80.6 Å². The number of azo groups is 3. The van der Waals surface area contributed by atoms with E-state index in [0.29, 0.717) is 39.4 Å². The first-order valence-electron chi connectivity index (χ1n) is 17.0. The number of ether oxygens (including phenoxy) is 1. The van der Waals surface area contributed by atoms with Gasteiger partial charge in [-0.3, -0.25) is 0 Å². The number of anilines is 2. The average molecular weight is 763 g/mol. The maximum absolute atomic E-state index is 11.1. The van der Waals surface area contributed by atoms with Crippen molar-refractivity contribution in [1.82, 2.24) is 0 Å². The molecule has 273 valence electrons. The van der Waals surface area contributed by atoms with Crippen LogP contribution in [0.4, 0.5) is 45.5 Å². The fourth-order valence-corrected chi connectivity index (χ4v) is 6.17. The quantitative estimate of drug-likeness (QED) is 0.0996. The number of benzene rings is 7. The maximum atomic E-state index is 11.1. The number of nitrogens with zero attached hydrogens (tertiary/aromatic N) is 6. The Bertz CT molecular complexity index is 2610. The summed E-state index contributed by atoms with van der Waals surface area (Å²) in [6, 6.07) is 36.3. The van der Waals surface area contributed by atoms with Crippen LogP contribution in [-0.4, -0.2) is 17.3 Å². The van der Waals surface area contributed by atoms with Gasteiger partial charge < -0.3 is 20.3 Å². The van der Waals surface area contributed by atoms with Gasteiger partial charge in [-0.15, -0.1) is 15.3 Å². The third kappa shape index (κ3) is 7.97. The molecule has 0 atom stereocenters. The molecule has 7 aromatic carbocycles. The molecule has 1 radical (unpaired) electrons. The fourth-order valence-electron chi connectivity index (χ4n) is 6.17. The van der Waals surface area contributed by atoms with Crippen molar-refractivity contribution in [3.63, 3.8) is 0 Å². The molecule has 0 aromatic heterocycles. The summed E-state index contributed by atoms with van der Waals surface area (Å²) in [6.45, 7) is 7.85. The predicted molar refractivity (Wildman–Crippen MR) is 212 cm³/mol. The van der Waals surface area contributed by atoms with E-state index >= 15 is 0 Å². The molecule has 54 heavy (non-hydrogen) atoms. The van der Waals surface area contributed by atoms with Crippen molar-refractivity contribution in [2.45, 2.75) is 27.7 Å². The third-order valence-electron chi connectivity index (χ3n) is 9.01. The summed E-state index contributed by atoms with van der Waals surface area (Å²) in [6.07, 6.45) is 0. The van der Waals surface area contributed by atoms with Crippen LogP contribution in [0.3, 0.4) is 0 Å². The topological polar surface area (TPSA) is 136 Å². The van der Waals surface area contributed by atoms with Gasteiger partial charge in [0.1, 0.15) is 28.6 Å². The van der Waals surface area contributed by atoms with E-state index in [1.54, 1.807) is 31.4 Å². The number of aromatic hydroxyl groups is 2. The van der Waals surface area contributed by atoms with Gasteiger partial charge in [0.05, 0.1) is 24.2 Å². The minimum atomic E-state index is -0.135. The molecule has 7 aromatic rings. The monoisotopic (exact) mass is 762 g/mol. The first kappa shape index (κ1) is 37.3. The number of hydrogen-bond donors (Lipinski definition) is 3. The van der Waals surface area contributed by atoms with E-state index in [0.717, 1.165) is 39.0 Å². The van der Waals surface area contributed by atoms with Crippen molar-refractivity contribution in [2.75, 3.05) is 12.4 Å². The Labute approximate surface area is 323 Å². The van der Waals surface area contributed by atoms with Crippen molar-refractivity contribution in [2.24, 2.45) is 30.7 Å². The van der Waals surface area contributed by atoms with Crippen LogP contribution in [0.1, 0.15) is 22.3 Å². The minimum absolute atomic E-state index is 0. The standard InChI is InChI=1S/C43H37N7O3.Cu/c1-25-10-9-13-34-26(2)19-33(22-36(25)34)46-45-32-15-17-37(41(23-32)53-5)47-48-38-24-40(51)39(20-27(38)3)49-50-42-28(4)18-29-21-31(14-16-35(29)43(42)52)44-30-11-7-6-8-12-30;/h6-24,44,51-52H,1-5H3;. The third-order valence-corrected chi connectivity index (χ3v) is 9.01. The molecule has 0 aliphatic rings. The Morgan fingerprint density at radius 1 is 0.500 bits per heavy atom. The van der Waals surface area contributed by atoms with Crippen LogP contribution >= 0.6 is 0 Å². The van der Waals surface area contributed by atoms with E-state index in [9.17, 15) is 10.2 Å². The van der Waals surface area contributed by atoms with Crippen LogP contribution in [0.5, 0.6) is 17.2 Å². The molecule has 0 unspecified atom stereocenters. The second-order valence-electron chi connectivity index (χ2n) is 12.8. The number of para-hydroxylation sites is 1. The normalized spacial score (nSPS) is 11.6. The molecule has 10 nitrogen and oxygen atoms in total. The molecular formula is C43H37CuN7O3. The number of nitrogens with one attached hydrogen (secondary N) is 1. The zero-order valence-electron chi connectivity index (χ0n) is 30.3. The number of fused-ring (bicyclic) bond motifs is 2. The number of methoxy groups -OCH3 is 1. The molecule has 0 heterocycles. The van der Waals surface area contributed by atoms with Gasteiger partial charge in [0.2, 0.25) is 0 Å². The summed E-state index contributed by atoms with van der Waals surface area (Å²) in [5.41, 5.74) is 8.47. The summed E-state index contributed by atoms with van der Waals surface area (Å²) in [5.74, 6) is 0.346. The Kier molecular flexibility index (Phi) is 11.1. The van der Waals surface area contributed by atoms with Crippen LogP contribution in [0, 0.1) is 27.7 Å². The maximum Gasteiger partial charge on any atom is 0.151 e. The first-order chi connectivity index (χ1) is 25.7. The second-order valence-corrected chi connectivity index (χ2v) is 12.8. The second kappa shape index (κ2) is 16.1. The van der Waals surface area contributed by atoms with Crippen LogP contribution in [0.25, 0.3) is 21.5 Å². The Morgan fingerprint density at radius 2 is 1.26 bits per heavy atom. The zero-order chi connectivity index (χ0) is 37.1. The SMILES string of the molecule is COc1cc(N=Nc2cc(C)c3cccc(C)c3c2)ccc1N=Nc1cc(O)c(N=Nc2c(C)cc3cc(Nc4ccccc4)ccc3c2O)cc1C.[Cu]. The Hall–Kier alpha value is -6.42. The zero-order valence-corrected chi connectivity index (χ0v) is 31.2. The minimum Gasteiger partial charge on any atom is -0.506 e.